The first-order valence-electron chi connectivity index (χ1n) is 8.67. The fraction of sp³-hybridized carbons (Fsp3) is 0.450. The van der Waals surface area contributed by atoms with Gasteiger partial charge in [0.1, 0.15) is 12.5 Å². The molecule has 1 unspecified atom stereocenters. The number of benzene rings is 1. The number of hydrogen-bond donors (Lipinski definition) is 0. The fourth-order valence-electron chi connectivity index (χ4n) is 3.06. The first-order valence-corrected chi connectivity index (χ1v) is 8.67. The predicted molar refractivity (Wildman–Crippen MR) is 96.6 cm³/mol. The number of β-lactam (4-membered cyclic amide) rings is 1. The van der Waals surface area contributed by atoms with Gasteiger partial charge < -0.3 is 14.2 Å². The standard InChI is InChI=1S/C20H25NO4/c1-23-14-25-19-18(9-4-3-6-15-7-5-8-15)21(20(19)22)16-10-12-17(24-2)13-11-16/h3-4,6,9-13,15,18-19H,5,7-8,14H2,1-2H3/t18?,19-/m1/s1. The van der Waals surface area contributed by atoms with Crippen molar-refractivity contribution in [1.29, 1.82) is 0 Å². The molecule has 0 N–H and O–H groups in total. The Morgan fingerprint density at radius 3 is 2.44 bits per heavy atom. The molecule has 5 heteroatoms. The van der Waals surface area contributed by atoms with Gasteiger partial charge in [0.25, 0.3) is 5.91 Å². The van der Waals surface area contributed by atoms with E-state index in [-0.39, 0.29) is 18.7 Å². The third-order valence-corrected chi connectivity index (χ3v) is 4.76. The number of amides is 1. The summed E-state index contributed by atoms with van der Waals surface area (Å²) in [5.41, 5.74) is 0.834. The highest BCUT2D eigenvalue weighted by molar-refractivity contribution is 6.05. The van der Waals surface area contributed by atoms with Crippen LogP contribution >= 0.6 is 0 Å². The van der Waals surface area contributed by atoms with Crippen LogP contribution in [-0.4, -0.2) is 39.1 Å². The summed E-state index contributed by atoms with van der Waals surface area (Å²) >= 11 is 0. The third kappa shape index (κ3) is 3.94. The van der Waals surface area contributed by atoms with Crippen LogP contribution in [0.3, 0.4) is 0 Å². The molecule has 5 nitrogen and oxygen atoms in total. The summed E-state index contributed by atoms with van der Waals surface area (Å²) < 4.78 is 15.7. The number of carbonyl (C=O) groups excluding carboxylic acids is 1. The monoisotopic (exact) mass is 343 g/mol. The van der Waals surface area contributed by atoms with E-state index in [9.17, 15) is 4.79 Å². The van der Waals surface area contributed by atoms with Gasteiger partial charge in [0, 0.05) is 12.8 Å². The Morgan fingerprint density at radius 2 is 1.84 bits per heavy atom. The molecular formula is C20H25NO4. The maximum absolute atomic E-state index is 12.5. The summed E-state index contributed by atoms with van der Waals surface area (Å²) in [6.07, 6.45) is 11.7. The average Bonchev–Trinajstić information content (AvgIpc) is 2.60. The van der Waals surface area contributed by atoms with Crippen LogP contribution in [0.5, 0.6) is 5.75 Å². The molecule has 0 bridgehead atoms. The van der Waals surface area contributed by atoms with Crippen LogP contribution in [-0.2, 0) is 14.3 Å². The summed E-state index contributed by atoms with van der Waals surface area (Å²) in [6, 6.07) is 7.33. The summed E-state index contributed by atoms with van der Waals surface area (Å²) in [6.45, 7) is 0.106. The zero-order chi connectivity index (χ0) is 17.6. The normalized spacial score (nSPS) is 23.9. The second kappa shape index (κ2) is 8.32. The van der Waals surface area contributed by atoms with Crippen molar-refractivity contribution in [3.63, 3.8) is 0 Å². The lowest BCUT2D eigenvalue weighted by Gasteiger charge is -2.45. The van der Waals surface area contributed by atoms with E-state index < -0.39 is 6.10 Å². The van der Waals surface area contributed by atoms with Crippen molar-refractivity contribution in [3.8, 4) is 5.75 Å². The number of nitrogens with zero attached hydrogens (tertiary/aromatic N) is 1. The number of anilines is 1. The van der Waals surface area contributed by atoms with Gasteiger partial charge in [-0.05, 0) is 43.0 Å². The molecule has 1 saturated carbocycles. The summed E-state index contributed by atoms with van der Waals surface area (Å²) in [7, 11) is 3.18. The Balaban J connectivity index is 1.70. The van der Waals surface area contributed by atoms with Gasteiger partial charge >= 0.3 is 0 Å². The molecule has 1 aromatic rings. The maximum atomic E-state index is 12.5. The first kappa shape index (κ1) is 17.7. The summed E-state index contributed by atoms with van der Waals surface area (Å²) in [5, 5.41) is 0. The molecule has 0 spiro atoms. The van der Waals surface area contributed by atoms with Gasteiger partial charge in [0.05, 0.1) is 13.2 Å². The fourth-order valence-corrected chi connectivity index (χ4v) is 3.06. The summed E-state index contributed by atoms with van der Waals surface area (Å²) in [4.78, 5) is 14.2. The minimum atomic E-state index is -0.504. The van der Waals surface area contributed by atoms with E-state index >= 15 is 0 Å². The van der Waals surface area contributed by atoms with Crippen LogP contribution < -0.4 is 9.64 Å². The van der Waals surface area contributed by atoms with Crippen LogP contribution in [0.15, 0.2) is 48.6 Å². The van der Waals surface area contributed by atoms with Gasteiger partial charge in [-0.2, -0.15) is 0 Å². The first-order chi connectivity index (χ1) is 12.2. The highest BCUT2D eigenvalue weighted by Gasteiger charge is 2.47. The van der Waals surface area contributed by atoms with Crippen molar-refractivity contribution in [3.05, 3.63) is 48.6 Å². The number of ether oxygens (including phenoxy) is 3. The van der Waals surface area contributed by atoms with E-state index in [0.29, 0.717) is 5.92 Å². The van der Waals surface area contributed by atoms with E-state index in [1.807, 2.05) is 36.4 Å². The van der Waals surface area contributed by atoms with Crippen molar-refractivity contribution in [2.24, 2.45) is 5.92 Å². The Morgan fingerprint density at radius 1 is 1.12 bits per heavy atom. The topological polar surface area (TPSA) is 48.0 Å². The van der Waals surface area contributed by atoms with Gasteiger partial charge in [-0.25, -0.2) is 0 Å². The molecule has 0 aromatic heterocycles. The van der Waals surface area contributed by atoms with Crippen molar-refractivity contribution < 1.29 is 19.0 Å². The van der Waals surface area contributed by atoms with Crippen LogP contribution in [0.4, 0.5) is 5.69 Å². The Labute approximate surface area is 148 Å². The molecular weight excluding hydrogens is 318 g/mol. The molecule has 1 aliphatic carbocycles. The van der Waals surface area contributed by atoms with Crippen LogP contribution in [0.1, 0.15) is 19.3 Å². The number of carbonyl (C=O) groups is 1. The lowest BCUT2D eigenvalue weighted by molar-refractivity contribution is -0.151. The Kier molecular flexibility index (Phi) is 5.89. The van der Waals surface area contributed by atoms with Gasteiger partial charge in [0.15, 0.2) is 6.10 Å². The van der Waals surface area contributed by atoms with Gasteiger partial charge in [-0.1, -0.05) is 30.7 Å². The second-order valence-electron chi connectivity index (χ2n) is 6.35. The average molecular weight is 343 g/mol. The number of rotatable bonds is 8. The molecule has 2 aliphatic rings. The zero-order valence-corrected chi connectivity index (χ0v) is 14.8. The molecule has 25 heavy (non-hydrogen) atoms. The van der Waals surface area contributed by atoms with E-state index in [1.165, 1.54) is 19.3 Å². The lowest BCUT2D eigenvalue weighted by atomic mass is 9.85. The third-order valence-electron chi connectivity index (χ3n) is 4.76. The van der Waals surface area contributed by atoms with Crippen LogP contribution in [0.2, 0.25) is 0 Å². The molecule has 1 amide bonds. The van der Waals surface area contributed by atoms with Crippen molar-refractivity contribution in [1.82, 2.24) is 0 Å². The molecule has 1 saturated heterocycles. The zero-order valence-electron chi connectivity index (χ0n) is 14.8. The second-order valence-corrected chi connectivity index (χ2v) is 6.35. The molecule has 1 heterocycles. The van der Waals surface area contributed by atoms with Gasteiger partial charge in [-0.15, -0.1) is 0 Å². The number of hydrogen-bond acceptors (Lipinski definition) is 4. The molecule has 1 aromatic carbocycles. The smallest absolute Gasteiger partial charge is 0.259 e. The van der Waals surface area contributed by atoms with Gasteiger partial charge in [-0.3, -0.25) is 9.69 Å². The van der Waals surface area contributed by atoms with Crippen LogP contribution in [0, 0.1) is 5.92 Å². The largest absolute Gasteiger partial charge is 0.497 e. The van der Waals surface area contributed by atoms with E-state index in [1.54, 1.807) is 19.1 Å². The molecule has 134 valence electrons. The molecule has 1 aliphatic heterocycles. The highest BCUT2D eigenvalue weighted by Crippen LogP contribution is 2.32. The highest BCUT2D eigenvalue weighted by atomic mass is 16.7. The van der Waals surface area contributed by atoms with Crippen molar-refractivity contribution in [2.75, 3.05) is 25.9 Å². The van der Waals surface area contributed by atoms with E-state index in [2.05, 4.69) is 12.2 Å². The van der Waals surface area contributed by atoms with E-state index in [4.69, 9.17) is 14.2 Å². The van der Waals surface area contributed by atoms with Crippen molar-refractivity contribution in [2.45, 2.75) is 31.4 Å². The van der Waals surface area contributed by atoms with Crippen molar-refractivity contribution >= 4 is 11.6 Å². The van der Waals surface area contributed by atoms with E-state index in [0.717, 1.165) is 11.4 Å². The molecule has 3 rings (SSSR count). The molecule has 2 atom stereocenters. The molecule has 2 fully saturated rings. The maximum Gasteiger partial charge on any atom is 0.259 e. The van der Waals surface area contributed by atoms with Gasteiger partial charge in [0.2, 0.25) is 0 Å². The quantitative estimate of drug-likeness (QED) is 0.413. The Hall–Kier alpha value is -2.11. The SMILES string of the molecule is COCO[C@H]1C(=O)N(c2ccc(OC)cc2)C1C=CC=CC1CCC1. The predicted octanol–water partition coefficient (Wildman–Crippen LogP) is 3.31. The minimum Gasteiger partial charge on any atom is -0.497 e. The number of methoxy groups -OCH3 is 2. The van der Waals surface area contributed by atoms with Crippen LogP contribution in [0.25, 0.3) is 0 Å². The molecule has 0 radical (unpaired) electrons. The Bertz CT molecular complexity index is 634. The number of allylic oxidation sites excluding steroid dienone is 3. The lowest BCUT2D eigenvalue weighted by Crippen LogP contribution is -2.65. The summed E-state index contributed by atoms with van der Waals surface area (Å²) in [5.74, 6) is 1.42. The minimum absolute atomic E-state index is 0.0557.